The highest BCUT2D eigenvalue weighted by Gasteiger charge is 2.57. The summed E-state index contributed by atoms with van der Waals surface area (Å²) in [5, 5.41) is 9.00. The molecule has 0 aromatic carbocycles. The Balaban J connectivity index is 2.18. The Kier molecular flexibility index (Phi) is 2.90. The largest absolute Gasteiger partial charge is 0.458 e. The van der Waals surface area contributed by atoms with Crippen molar-refractivity contribution in [1.82, 2.24) is 0 Å². The molecule has 5 heteroatoms. The van der Waals surface area contributed by atoms with Crippen LogP contribution in [0.1, 0.15) is 46.5 Å². The molecule has 1 aliphatic carbocycles. The van der Waals surface area contributed by atoms with Gasteiger partial charge in [-0.05, 0) is 39.5 Å². The lowest BCUT2D eigenvalue weighted by Crippen LogP contribution is -2.49. The monoisotopic (exact) mass is 209 g/mol. The average Bonchev–Trinajstić information content (AvgIpc) is 2.74. The van der Waals surface area contributed by atoms with Gasteiger partial charge < -0.3 is 14.3 Å². The standard InChI is InChI=1S/C10H19B2O3/c1-9(2)10(3,8-6-4-5-7-8)15-12(11-13)14-9/h8,13H,4-7H2,1-3H3/t10-/m1/s1. The van der Waals surface area contributed by atoms with E-state index in [0.717, 1.165) is 7.37 Å². The van der Waals surface area contributed by atoms with Crippen molar-refractivity contribution in [3.63, 3.8) is 0 Å². The van der Waals surface area contributed by atoms with Crippen molar-refractivity contribution in [1.29, 1.82) is 0 Å². The van der Waals surface area contributed by atoms with Gasteiger partial charge in [-0.2, -0.15) is 0 Å². The van der Waals surface area contributed by atoms with Crippen molar-refractivity contribution in [2.45, 2.75) is 57.7 Å². The highest BCUT2D eigenvalue weighted by Crippen LogP contribution is 2.47. The van der Waals surface area contributed by atoms with Crippen LogP contribution in [0, 0.1) is 5.92 Å². The Bertz CT molecular complexity index is 241. The van der Waals surface area contributed by atoms with Gasteiger partial charge in [-0.25, -0.2) is 0 Å². The van der Waals surface area contributed by atoms with Crippen molar-refractivity contribution in [2.75, 3.05) is 0 Å². The van der Waals surface area contributed by atoms with E-state index < -0.39 is 7.01 Å². The van der Waals surface area contributed by atoms with Crippen LogP contribution >= 0.6 is 0 Å². The molecule has 1 heterocycles. The summed E-state index contributed by atoms with van der Waals surface area (Å²) in [7, 11) is 0.438. The molecule has 1 saturated heterocycles. The minimum absolute atomic E-state index is 0.270. The third-order valence-electron chi connectivity index (χ3n) is 4.22. The van der Waals surface area contributed by atoms with Gasteiger partial charge >= 0.3 is 14.4 Å². The van der Waals surface area contributed by atoms with Gasteiger partial charge in [0.2, 0.25) is 0 Å². The summed E-state index contributed by atoms with van der Waals surface area (Å²) in [5.74, 6) is 0.553. The summed E-state index contributed by atoms with van der Waals surface area (Å²) in [6.07, 6.45) is 4.99. The molecule has 0 bridgehead atoms. The molecule has 0 spiro atoms. The van der Waals surface area contributed by atoms with Gasteiger partial charge in [-0.3, -0.25) is 0 Å². The van der Waals surface area contributed by atoms with E-state index in [-0.39, 0.29) is 11.2 Å². The molecule has 2 aliphatic rings. The van der Waals surface area contributed by atoms with Crippen LogP contribution in [-0.2, 0) is 9.31 Å². The zero-order valence-corrected chi connectivity index (χ0v) is 9.82. The molecule has 15 heavy (non-hydrogen) atoms. The summed E-state index contributed by atoms with van der Waals surface area (Å²) in [4.78, 5) is 0. The second-order valence-corrected chi connectivity index (χ2v) is 5.35. The van der Waals surface area contributed by atoms with Gasteiger partial charge in [-0.1, -0.05) is 12.8 Å². The Hall–Kier alpha value is 0.00987. The molecule has 1 saturated carbocycles. The molecule has 0 unspecified atom stereocenters. The molecule has 0 amide bonds. The van der Waals surface area contributed by atoms with E-state index in [0.29, 0.717) is 5.92 Å². The zero-order valence-electron chi connectivity index (χ0n) is 9.82. The van der Waals surface area contributed by atoms with E-state index >= 15 is 0 Å². The number of rotatable bonds is 2. The zero-order chi connectivity index (χ0) is 11.1. The summed E-state index contributed by atoms with van der Waals surface area (Å²) in [6.45, 7) is 6.22. The minimum Gasteiger partial charge on any atom is -0.458 e. The van der Waals surface area contributed by atoms with Crippen LogP contribution in [0.2, 0.25) is 0 Å². The maximum Gasteiger partial charge on any atom is 0.439 e. The smallest absolute Gasteiger partial charge is 0.439 e. The summed E-state index contributed by atoms with van der Waals surface area (Å²) in [6, 6.07) is 0. The first kappa shape index (κ1) is 11.5. The summed E-state index contributed by atoms with van der Waals surface area (Å²) >= 11 is 0. The van der Waals surface area contributed by atoms with Gasteiger partial charge in [0, 0.05) is 0 Å². The van der Waals surface area contributed by atoms with Crippen molar-refractivity contribution in [3.8, 4) is 0 Å². The lowest BCUT2D eigenvalue weighted by atomic mass is 9.56. The number of hydrogen-bond donors (Lipinski definition) is 1. The predicted molar refractivity (Wildman–Crippen MR) is 60.3 cm³/mol. The van der Waals surface area contributed by atoms with Crippen LogP contribution in [0.5, 0.6) is 0 Å². The Morgan fingerprint density at radius 3 is 2.27 bits per heavy atom. The first-order valence-corrected chi connectivity index (χ1v) is 5.83. The molecule has 2 fully saturated rings. The van der Waals surface area contributed by atoms with E-state index in [1.807, 2.05) is 0 Å². The fourth-order valence-corrected chi connectivity index (χ4v) is 2.94. The van der Waals surface area contributed by atoms with Crippen molar-refractivity contribution >= 4 is 14.4 Å². The highest BCUT2D eigenvalue weighted by molar-refractivity contribution is 7.02. The molecule has 1 radical (unpaired) electrons. The molecule has 3 nitrogen and oxygen atoms in total. The highest BCUT2D eigenvalue weighted by atomic mass is 16.7. The van der Waals surface area contributed by atoms with Crippen LogP contribution in [0.3, 0.4) is 0 Å². The first-order chi connectivity index (χ1) is 6.99. The second kappa shape index (κ2) is 3.79. The molecule has 1 atom stereocenters. The summed E-state index contributed by atoms with van der Waals surface area (Å²) in [5.41, 5.74) is -0.598. The molecule has 1 N–H and O–H groups in total. The molecule has 83 valence electrons. The molecular formula is C10H19B2O3. The van der Waals surface area contributed by atoms with Crippen LogP contribution in [0.15, 0.2) is 0 Å². The maximum absolute atomic E-state index is 9.00. The fraction of sp³-hybridized carbons (Fsp3) is 1.00. The van der Waals surface area contributed by atoms with E-state index in [2.05, 4.69) is 20.8 Å². The SMILES string of the molecule is CC1(C)OB([B]O)O[C@]1(C)C1CCCC1. The topological polar surface area (TPSA) is 38.7 Å². The van der Waals surface area contributed by atoms with E-state index in [1.54, 1.807) is 0 Å². The third-order valence-corrected chi connectivity index (χ3v) is 4.22. The van der Waals surface area contributed by atoms with Gasteiger partial charge in [0.05, 0.1) is 11.2 Å². The predicted octanol–water partition coefficient (Wildman–Crippen LogP) is 1.36. The normalized spacial score (nSPS) is 36.1. The van der Waals surface area contributed by atoms with Crippen molar-refractivity contribution in [3.05, 3.63) is 0 Å². The average molecular weight is 209 g/mol. The number of hydrogen-bond acceptors (Lipinski definition) is 3. The lowest BCUT2D eigenvalue weighted by Gasteiger charge is -2.41. The van der Waals surface area contributed by atoms with E-state index in [9.17, 15) is 0 Å². The minimum atomic E-state index is -0.564. The van der Waals surface area contributed by atoms with Crippen LogP contribution in [0.4, 0.5) is 0 Å². The molecule has 0 aromatic rings. The van der Waals surface area contributed by atoms with Crippen LogP contribution in [-0.4, -0.2) is 30.6 Å². The Labute approximate surface area is 92.9 Å². The van der Waals surface area contributed by atoms with Gasteiger partial charge in [0.25, 0.3) is 0 Å². The molecule has 2 rings (SSSR count). The lowest BCUT2D eigenvalue weighted by molar-refractivity contribution is -0.0523. The molecular weight excluding hydrogens is 190 g/mol. The summed E-state index contributed by atoms with van der Waals surface area (Å²) < 4.78 is 11.6. The first-order valence-electron chi connectivity index (χ1n) is 5.83. The van der Waals surface area contributed by atoms with Gasteiger partial charge in [0.15, 0.2) is 0 Å². The van der Waals surface area contributed by atoms with E-state index in [4.69, 9.17) is 14.3 Å². The maximum atomic E-state index is 9.00. The van der Waals surface area contributed by atoms with Gasteiger partial charge in [0.1, 0.15) is 0 Å². The molecule has 1 aliphatic heterocycles. The van der Waals surface area contributed by atoms with Crippen LogP contribution < -0.4 is 0 Å². The van der Waals surface area contributed by atoms with Gasteiger partial charge in [-0.15, -0.1) is 0 Å². The fourth-order valence-electron chi connectivity index (χ4n) is 2.94. The van der Waals surface area contributed by atoms with Crippen molar-refractivity contribution < 1.29 is 14.3 Å². The third kappa shape index (κ3) is 1.75. The van der Waals surface area contributed by atoms with Crippen LogP contribution in [0.25, 0.3) is 0 Å². The second-order valence-electron chi connectivity index (χ2n) is 5.35. The Morgan fingerprint density at radius 2 is 1.80 bits per heavy atom. The molecule has 0 aromatic heterocycles. The Morgan fingerprint density at radius 1 is 1.20 bits per heavy atom. The van der Waals surface area contributed by atoms with E-state index in [1.165, 1.54) is 25.7 Å². The van der Waals surface area contributed by atoms with Crippen molar-refractivity contribution in [2.24, 2.45) is 5.92 Å². The quantitative estimate of drug-likeness (QED) is 0.697.